The first-order valence-electron chi connectivity index (χ1n) is 7.76. The fraction of sp³-hybridized carbons (Fsp3) is 0.667. The molecule has 0 aromatic heterocycles. The Morgan fingerprint density at radius 3 is 2.25 bits per heavy atom. The van der Waals surface area contributed by atoms with Gasteiger partial charge in [-0.25, -0.2) is 0 Å². The van der Waals surface area contributed by atoms with Crippen LogP contribution in [0.3, 0.4) is 0 Å². The van der Waals surface area contributed by atoms with Gasteiger partial charge in [0.2, 0.25) is 0 Å². The molecule has 1 aliphatic rings. The molecule has 1 fully saturated rings. The molecule has 0 radical (unpaired) electrons. The van der Waals surface area contributed by atoms with Gasteiger partial charge < -0.3 is 10.6 Å². The maximum absolute atomic E-state index is 3.77. The molecule has 112 valence electrons. The summed E-state index contributed by atoms with van der Waals surface area (Å²) in [7, 11) is 0. The average molecular weight is 274 g/mol. The van der Waals surface area contributed by atoms with Gasteiger partial charge in [-0.15, -0.1) is 0 Å². The van der Waals surface area contributed by atoms with Crippen molar-refractivity contribution >= 4 is 0 Å². The lowest BCUT2D eigenvalue weighted by Gasteiger charge is -2.46. The average Bonchev–Trinajstić information content (AvgIpc) is 2.23. The van der Waals surface area contributed by atoms with Crippen molar-refractivity contribution < 1.29 is 0 Å². The van der Waals surface area contributed by atoms with E-state index in [-0.39, 0.29) is 11.1 Å². The van der Waals surface area contributed by atoms with E-state index in [4.69, 9.17) is 0 Å². The fourth-order valence-electron chi connectivity index (χ4n) is 3.77. The Labute approximate surface area is 124 Å². The Kier molecular flexibility index (Phi) is 4.27. The van der Waals surface area contributed by atoms with Crippen LogP contribution in [0.15, 0.2) is 18.2 Å². The molecule has 1 heterocycles. The van der Waals surface area contributed by atoms with E-state index in [1.54, 1.807) is 0 Å². The number of hydrogen-bond acceptors (Lipinski definition) is 2. The van der Waals surface area contributed by atoms with E-state index in [1.807, 2.05) is 0 Å². The largest absolute Gasteiger partial charge is 0.310 e. The lowest BCUT2D eigenvalue weighted by molar-refractivity contribution is 0.145. The highest BCUT2D eigenvalue weighted by Crippen LogP contribution is 2.28. The normalized spacial score (nSPS) is 21.9. The Balaban J connectivity index is 2.00. The molecule has 1 aliphatic heterocycles. The monoisotopic (exact) mass is 274 g/mol. The second-order valence-electron chi connectivity index (χ2n) is 7.81. The maximum atomic E-state index is 3.77. The smallest absolute Gasteiger partial charge is 0.0210 e. The summed E-state index contributed by atoms with van der Waals surface area (Å²) < 4.78 is 0. The summed E-state index contributed by atoms with van der Waals surface area (Å²) in [5.74, 6) is 0. The van der Waals surface area contributed by atoms with Crippen molar-refractivity contribution in [2.45, 2.75) is 78.0 Å². The van der Waals surface area contributed by atoms with Crippen molar-refractivity contribution in [1.82, 2.24) is 10.6 Å². The van der Waals surface area contributed by atoms with E-state index >= 15 is 0 Å². The molecule has 0 bridgehead atoms. The molecule has 0 aliphatic carbocycles. The number of rotatable bonds is 3. The van der Waals surface area contributed by atoms with Crippen LogP contribution in [-0.4, -0.2) is 17.1 Å². The summed E-state index contributed by atoms with van der Waals surface area (Å²) in [6.45, 7) is 14.6. The predicted molar refractivity (Wildman–Crippen MR) is 87.1 cm³/mol. The van der Waals surface area contributed by atoms with Crippen molar-refractivity contribution in [1.29, 1.82) is 0 Å². The van der Waals surface area contributed by atoms with Crippen LogP contribution in [0, 0.1) is 13.8 Å². The van der Waals surface area contributed by atoms with Crippen LogP contribution in [0.2, 0.25) is 0 Å². The molecule has 2 N–H and O–H groups in total. The van der Waals surface area contributed by atoms with Gasteiger partial charge in [0.1, 0.15) is 0 Å². The van der Waals surface area contributed by atoms with Gasteiger partial charge in [-0.2, -0.15) is 0 Å². The molecule has 20 heavy (non-hydrogen) atoms. The maximum Gasteiger partial charge on any atom is 0.0210 e. The Morgan fingerprint density at radius 1 is 1.10 bits per heavy atom. The summed E-state index contributed by atoms with van der Waals surface area (Å²) in [5, 5.41) is 7.51. The van der Waals surface area contributed by atoms with Gasteiger partial charge in [0, 0.05) is 23.7 Å². The highest BCUT2D eigenvalue weighted by Gasteiger charge is 2.37. The molecule has 2 heteroatoms. The van der Waals surface area contributed by atoms with Crippen LogP contribution in [0.1, 0.15) is 57.2 Å². The molecule has 2 rings (SSSR count). The SMILES string of the molecule is Cc1ccc(CNC2CC(C)(C)NC(C)(C)C2)c(C)c1. The van der Waals surface area contributed by atoms with Crippen LogP contribution in [0.25, 0.3) is 0 Å². The summed E-state index contributed by atoms with van der Waals surface area (Å²) in [6, 6.07) is 7.32. The van der Waals surface area contributed by atoms with Crippen LogP contribution >= 0.6 is 0 Å². The van der Waals surface area contributed by atoms with Crippen LogP contribution in [0.5, 0.6) is 0 Å². The molecule has 0 atom stereocenters. The van der Waals surface area contributed by atoms with Crippen molar-refractivity contribution in [3.05, 3.63) is 34.9 Å². The van der Waals surface area contributed by atoms with Gasteiger partial charge in [-0.3, -0.25) is 0 Å². The number of benzene rings is 1. The molecule has 1 aromatic rings. The first kappa shape index (κ1) is 15.5. The van der Waals surface area contributed by atoms with E-state index in [0.29, 0.717) is 6.04 Å². The summed E-state index contributed by atoms with van der Waals surface area (Å²) in [4.78, 5) is 0. The van der Waals surface area contributed by atoms with Crippen molar-refractivity contribution in [3.8, 4) is 0 Å². The highest BCUT2D eigenvalue weighted by atomic mass is 15.1. The van der Waals surface area contributed by atoms with E-state index in [0.717, 1.165) is 6.54 Å². The zero-order valence-corrected chi connectivity index (χ0v) is 13.9. The van der Waals surface area contributed by atoms with Gasteiger partial charge in [-0.1, -0.05) is 23.8 Å². The van der Waals surface area contributed by atoms with E-state index in [2.05, 4.69) is 70.4 Å². The molecule has 1 saturated heterocycles. The highest BCUT2D eigenvalue weighted by molar-refractivity contribution is 5.30. The van der Waals surface area contributed by atoms with Gasteiger partial charge in [0.15, 0.2) is 0 Å². The summed E-state index contributed by atoms with van der Waals surface area (Å²) in [5.41, 5.74) is 4.58. The molecule has 0 unspecified atom stereocenters. The van der Waals surface area contributed by atoms with Crippen LogP contribution in [-0.2, 0) is 6.54 Å². The third-order valence-electron chi connectivity index (χ3n) is 4.27. The van der Waals surface area contributed by atoms with Crippen molar-refractivity contribution in [2.24, 2.45) is 0 Å². The summed E-state index contributed by atoms with van der Waals surface area (Å²) >= 11 is 0. The third kappa shape index (κ3) is 4.07. The van der Waals surface area contributed by atoms with Gasteiger partial charge in [-0.05, 0) is 65.5 Å². The quantitative estimate of drug-likeness (QED) is 0.878. The minimum atomic E-state index is 0.210. The predicted octanol–water partition coefficient (Wildman–Crippen LogP) is 3.70. The number of piperidine rings is 1. The van der Waals surface area contributed by atoms with Crippen LogP contribution in [0.4, 0.5) is 0 Å². The van der Waals surface area contributed by atoms with Gasteiger partial charge >= 0.3 is 0 Å². The summed E-state index contributed by atoms with van der Waals surface area (Å²) in [6.07, 6.45) is 2.36. The first-order chi connectivity index (χ1) is 9.17. The zero-order chi connectivity index (χ0) is 15.0. The standard InChI is InChI=1S/C18H30N2/c1-13-7-8-15(14(2)9-13)12-19-16-10-17(3,4)20-18(5,6)11-16/h7-9,16,19-20H,10-12H2,1-6H3. The molecule has 0 saturated carbocycles. The molecule has 2 nitrogen and oxygen atoms in total. The fourth-order valence-corrected chi connectivity index (χ4v) is 3.77. The van der Waals surface area contributed by atoms with E-state index in [9.17, 15) is 0 Å². The molecular formula is C18H30N2. The second kappa shape index (κ2) is 5.50. The zero-order valence-electron chi connectivity index (χ0n) is 13.9. The Hall–Kier alpha value is -0.860. The molecule has 0 spiro atoms. The van der Waals surface area contributed by atoms with Crippen molar-refractivity contribution in [3.63, 3.8) is 0 Å². The number of nitrogens with one attached hydrogen (secondary N) is 2. The molecule has 0 amide bonds. The molecular weight excluding hydrogens is 244 g/mol. The topological polar surface area (TPSA) is 24.1 Å². The first-order valence-corrected chi connectivity index (χ1v) is 7.76. The number of hydrogen-bond donors (Lipinski definition) is 2. The Morgan fingerprint density at radius 2 is 1.70 bits per heavy atom. The Bertz CT molecular complexity index is 458. The number of aryl methyl sites for hydroxylation is 2. The van der Waals surface area contributed by atoms with E-state index in [1.165, 1.54) is 29.5 Å². The lowest BCUT2D eigenvalue weighted by atomic mass is 9.79. The van der Waals surface area contributed by atoms with E-state index < -0.39 is 0 Å². The van der Waals surface area contributed by atoms with Gasteiger partial charge in [0.05, 0.1) is 0 Å². The molecule has 1 aromatic carbocycles. The van der Waals surface area contributed by atoms with Crippen LogP contribution < -0.4 is 10.6 Å². The minimum Gasteiger partial charge on any atom is -0.310 e. The second-order valence-corrected chi connectivity index (χ2v) is 7.81. The van der Waals surface area contributed by atoms with Crippen molar-refractivity contribution in [2.75, 3.05) is 0 Å². The third-order valence-corrected chi connectivity index (χ3v) is 4.27. The lowest BCUT2D eigenvalue weighted by Crippen LogP contribution is -2.61. The van der Waals surface area contributed by atoms with Gasteiger partial charge in [0.25, 0.3) is 0 Å². The minimum absolute atomic E-state index is 0.210.